The predicted octanol–water partition coefficient (Wildman–Crippen LogP) is 3.29. The molecule has 3 saturated heterocycles. The number of hydrogen-bond acceptors (Lipinski definition) is 7. The maximum atomic E-state index is 13.6. The summed E-state index contributed by atoms with van der Waals surface area (Å²) in [5.41, 5.74) is 6.20. The normalized spacial score (nSPS) is 21.3. The fraction of sp³-hybridized carbons (Fsp3) is 0.645. The van der Waals surface area contributed by atoms with E-state index in [1.54, 1.807) is 9.80 Å². The molecule has 0 aliphatic carbocycles. The van der Waals surface area contributed by atoms with Gasteiger partial charge in [-0.2, -0.15) is 0 Å². The van der Waals surface area contributed by atoms with Crippen molar-refractivity contribution in [1.29, 1.82) is 0 Å². The van der Waals surface area contributed by atoms with Gasteiger partial charge in [0.1, 0.15) is 12.7 Å². The number of piperazine rings is 1. The second-order valence-electron chi connectivity index (χ2n) is 12.5. The lowest BCUT2D eigenvalue weighted by molar-refractivity contribution is -0.172. The maximum Gasteiger partial charge on any atom is 0.410 e. The highest BCUT2D eigenvalue weighted by atomic mass is 16.6. The number of rotatable bonds is 8. The van der Waals surface area contributed by atoms with E-state index in [-0.39, 0.29) is 56.6 Å². The van der Waals surface area contributed by atoms with Gasteiger partial charge in [-0.1, -0.05) is 58.0 Å². The summed E-state index contributed by atoms with van der Waals surface area (Å²) in [5, 5.41) is 0. The third kappa shape index (κ3) is 7.58. The summed E-state index contributed by atoms with van der Waals surface area (Å²) in [4.78, 5) is 70.4. The van der Waals surface area contributed by atoms with E-state index < -0.39 is 42.0 Å². The molecule has 3 aliphatic rings. The molecule has 1 aromatic rings. The van der Waals surface area contributed by atoms with Crippen LogP contribution < -0.4 is 5.73 Å². The van der Waals surface area contributed by atoms with E-state index in [0.717, 1.165) is 10.5 Å². The molecule has 1 aromatic carbocycles. The lowest BCUT2D eigenvalue weighted by Gasteiger charge is -2.48. The Morgan fingerprint density at radius 3 is 2.00 bits per heavy atom. The number of carbonyl (C=O) groups excluding carboxylic acids is 5. The van der Waals surface area contributed by atoms with Crippen molar-refractivity contribution in [1.82, 2.24) is 19.6 Å². The van der Waals surface area contributed by atoms with Crippen molar-refractivity contribution in [3.8, 4) is 0 Å². The van der Waals surface area contributed by atoms with Crippen LogP contribution in [0, 0.1) is 23.7 Å². The number of hydrogen-bond donors (Lipinski definition) is 1. The average molecular weight is 600 g/mol. The molecule has 3 heterocycles. The van der Waals surface area contributed by atoms with Gasteiger partial charge in [0.2, 0.25) is 5.91 Å². The van der Waals surface area contributed by atoms with Crippen LogP contribution in [0.4, 0.5) is 14.4 Å². The monoisotopic (exact) mass is 599 g/mol. The maximum absolute atomic E-state index is 13.6. The molecule has 0 aromatic heterocycles. The second kappa shape index (κ2) is 14.1. The smallest absolute Gasteiger partial charge is 0.410 e. The number of primary amides is 1. The second-order valence-corrected chi connectivity index (χ2v) is 12.5. The molecule has 0 radical (unpaired) electrons. The van der Waals surface area contributed by atoms with Gasteiger partial charge in [-0.3, -0.25) is 4.79 Å². The predicted molar refractivity (Wildman–Crippen MR) is 157 cm³/mol. The lowest BCUT2D eigenvalue weighted by atomic mass is 9.77. The number of esters is 1. The summed E-state index contributed by atoms with van der Waals surface area (Å²) in [5.74, 6) is -1.24. The molecular weight excluding hydrogens is 554 g/mol. The van der Waals surface area contributed by atoms with Crippen LogP contribution in [-0.4, -0.2) is 101 Å². The first-order chi connectivity index (χ1) is 20.5. The number of benzene rings is 1. The molecule has 3 aliphatic heterocycles. The van der Waals surface area contributed by atoms with Crippen LogP contribution in [-0.2, 0) is 25.7 Å². The molecule has 2 N–H and O–H groups in total. The van der Waals surface area contributed by atoms with Crippen LogP contribution in [0.3, 0.4) is 0 Å². The van der Waals surface area contributed by atoms with Crippen molar-refractivity contribution in [3.63, 3.8) is 0 Å². The molecule has 0 bridgehead atoms. The van der Waals surface area contributed by atoms with Crippen LogP contribution in [0.25, 0.3) is 0 Å². The Balaban J connectivity index is 1.39. The van der Waals surface area contributed by atoms with Gasteiger partial charge in [-0.25, -0.2) is 24.1 Å². The van der Waals surface area contributed by atoms with E-state index in [1.165, 1.54) is 4.90 Å². The molecule has 2 atom stereocenters. The number of carbonyl (C=O) groups is 5. The van der Waals surface area contributed by atoms with Gasteiger partial charge in [-0.15, -0.1) is 0 Å². The van der Waals surface area contributed by atoms with Crippen LogP contribution >= 0.6 is 0 Å². The van der Waals surface area contributed by atoms with Gasteiger partial charge in [-0.05, 0) is 42.6 Å². The quantitative estimate of drug-likeness (QED) is 0.357. The first kappa shape index (κ1) is 32.1. The third-order valence-electron chi connectivity index (χ3n) is 8.76. The molecule has 0 saturated carbocycles. The minimum absolute atomic E-state index is 0.0324. The van der Waals surface area contributed by atoms with Gasteiger partial charge in [0.05, 0.1) is 5.92 Å². The molecule has 0 unspecified atom stereocenters. The number of piperidine rings is 1. The minimum Gasteiger partial charge on any atom is -0.459 e. The highest BCUT2D eigenvalue weighted by molar-refractivity contribution is 6.07. The summed E-state index contributed by atoms with van der Waals surface area (Å²) in [6.45, 7) is 10.0. The number of imide groups is 1. The highest BCUT2D eigenvalue weighted by Crippen LogP contribution is 2.37. The van der Waals surface area contributed by atoms with Gasteiger partial charge in [0.25, 0.3) is 0 Å². The van der Waals surface area contributed by atoms with E-state index in [0.29, 0.717) is 32.4 Å². The molecule has 4 rings (SSSR count). The zero-order chi connectivity index (χ0) is 31.3. The Labute approximate surface area is 253 Å². The lowest BCUT2D eigenvalue weighted by Crippen LogP contribution is -2.70. The number of likely N-dealkylation sites (tertiary alicyclic amines) is 2. The summed E-state index contributed by atoms with van der Waals surface area (Å²) in [7, 11) is 0. The SMILES string of the molecule is CC(C)C(OC(=O)N1CCN(C(=O)N2C(=O)[C@H](CC3CCN(C(N)=O)CC3)[C@H]2C(=O)OCc2ccccc2)CC1)C(C)C. The minimum atomic E-state index is -1.03. The highest BCUT2D eigenvalue weighted by Gasteiger charge is 2.57. The third-order valence-corrected chi connectivity index (χ3v) is 8.76. The largest absolute Gasteiger partial charge is 0.459 e. The molecule has 12 heteroatoms. The molecule has 6 amide bonds. The zero-order valence-corrected chi connectivity index (χ0v) is 25.6. The summed E-state index contributed by atoms with van der Waals surface area (Å²) >= 11 is 0. The van der Waals surface area contributed by atoms with E-state index in [1.807, 2.05) is 58.0 Å². The number of β-lactam (4-membered cyclic amide) rings is 1. The molecule has 3 fully saturated rings. The zero-order valence-electron chi connectivity index (χ0n) is 25.6. The topological polar surface area (TPSA) is 143 Å². The molecule has 236 valence electrons. The molecular formula is C31H45N5O7. The fourth-order valence-corrected chi connectivity index (χ4v) is 6.29. The van der Waals surface area contributed by atoms with Gasteiger partial charge >= 0.3 is 24.1 Å². The van der Waals surface area contributed by atoms with E-state index >= 15 is 0 Å². The molecule has 12 nitrogen and oxygen atoms in total. The summed E-state index contributed by atoms with van der Waals surface area (Å²) < 4.78 is 11.4. The van der Waals surface area contributed by atoms with E-state index in [4.69, 9.17) is 15.2 Å². The van der Waals surface area contributed by atoms with Crippen LogP contribution in [0.5, 0.6) is 0 Å². The first-order valence-corrected chi connectivity index (χ1v) is 15.3. The van der Waals surface area contributed by atoms with Gasteiger partial charge in [0.15, 0.2) is 6.04 Å². The van der Waals surface area contributed by atoms with Crippen molar-refractivity contribution < 1.29 is 33.4 Å². The number of nitrogens with zero attached hydrogens (tertiary/aromatic N) is 4. The Hall–Kier alpha value is -3.83. The number of amides is 6. The van der Waals surface area contributed by atoms with Gasteiger partial charge in [0, 0.05) is 39.3 Å². The molecule has 0 spiro atoms. The Morgan fingerprint density at radius 2 is 1.44 bits per heavy atom. The summed E-state index contributed by atoms with van der Waals surface area (Å²) in [6.07, 6.45) is 1.13. The van der Waals surface area contributed by atoms with Crippen molar-refractivity contribution in [2.45, 2.75) is 65.7 Å². The van der Waals surface area contributed by atoms with E-state index in [2.05, 4.69) is 0 Å². The Morgan fingerprint density at radius 1 is 0.860 bits per heavy atom. The number of urea groups is 2. The van der Waals surface area contributed by atoms with Crippen molar-refractivity contribution in [3.05, 3.63) is 35.9 Å². The van der Waals surface area contributed by atoms with Crippen molar-refractivity contribution in [2.75, 3.05) is 39.3 Å². The Kier molecular flexibility index (Phi) is 10.5. The van der Waals surface area contributed by atoms with Crippen LogP contribution in [0.2, 0.25) is 0 Å². The van der Waals surface area contributed by atoms with Gasteiger partial charge < -0.3 is 29.9 Å². The standard InChI is InChI=1S/C31H45N5O7/c1-20(2)26(21(3)4)43-31(41)35-16-14-34(15-17-35)30(40)36-25(28(38)42-19-23-8-6-5-7-9-23)24(27(36)37)18-22-10-12-33(13-11-22)29(32)39/h5-9,20-22,24-26H,10-19H2,1-4H3,(H2,32,39)/t24-,25+/m1/s1. The average Bonchev–Trinajstić information content (AvgIpc) is 3.00. The van der Waals surface area contributed by atoms with Crippen LogP contribution in [0.1, 0.15) is 52.5 Å². The van der Waals surface area contributed by atoms with E-state index in [9.17, 15) is 24.0 Å². The van der Waals surface area contributed by atoms with Crippen LogP contribution in [0.15, 0.2) is 30.3 Å². The first-order valence-electron chi connectivity index (χ1n) is 15.3. The number of nitrogens with two attached hydrogens (primary N) is 1. The number of ether oxygens (including phenoxy) is 2. The fourth-order valence-electron chi connectivity index (χ4n) is 6.29. The van der Waals surface area contributed by atoms with Crippen molar-refractivity contribution >= 4 is 30.0 Å². The molecule has 43 heavy (non-hydrogen) atoms. The summed E-state index contributed by atoms with van der Waals surface area (Å²) in [6, 6.07) is 7.17. The Bertz CT molecular complexity index is 1150. The van der Waals surface area contributed by atoms with Crippen molar-refractivity contribution in [2.24, 2.45) is 29.4 Å².